The number of methoxy groups -OCH3 is 1. The van der Waals surface area contributed by atoms with Gasteiger partial charge in [-0.15, -0.1) is 0 Å². The highest BCUT2D eigenvalue weighted by Gasteiger charge is 2.16. The zero-order valence-electron chi connectivity index (χ0n) is 12.0. The van der Waals surface area contributed by atoms with Crippen molar-refractivity contribution >= 4 is 16.9 Å². The average Bonchev–Trinajstić information content (AvgIpc) is 2.99. The number of aromatic nitrogens is 3. The number of carboxylic acids is 1. The molecule has 2 heterocycles. The van der Waals surface area contributed by atoms with Crippen LogP contribution in [-0.4, -0.2) is 32.5 Å². The summed E-state index contributed by atoms with van der Waals surface area (Å²) < 4.78 is 8.82. The van der Waals surface area contributed by atoms with Gasteiger partial charge in [0, 0.05) is 31.1 Å². The number of hydrogen-bond donors (Lipinski definition) is 1. The summed E-state index contributed by atoms with van der Waals surface area (Å²) in [6.07, 6.45) is 0. The lowest BCUT2D eigenvalue weighted by Crippen LogP contribution is -2.00. The fourth-order valence-electron chi connectivity index (χ4n) is 2.51. The zero-order chi connectivity index (χ0) is 15.1. The Kier molecular flexibility index (Phi) is 2.94. The normalized spacial score (nSPS) is 11.0. The molecule has 0 unspecified atom stereocenters. The first-order chi connectivity index (χ1) is 10.0. The minimum atomic E-state index is -1.03. The van der Waals surface area contributed by atoms with E-state index in [1.165, 1.54) is 0 Å². The van der Waals surface area contributed by atoms with Gasteiger partial charge in [0.2, 0.25) is 0 Å². The third kappa shape index (κ3) is 2.05. The van der Waals surface area contributed by atoms with E-state index >= 15 is 0 Å². The molecule has 0 saturated carbocycles. The SMILES string of the molecule is COc1ccc2c(c1)cc(-c1cc(C(=O)O)nn1C)n2C. The van der Waals surface area contributed by atoms with Crippen LogP contribution >= 0.6 is 0 Å². The van der Waals surface area contributed by atoms with E-state index in [9.17, 15) is 4.79 Å². The van der Waals surface area contributed by atoms with Crippen LogP contribution in [0, 0.1) is 0 Å². The monoisotopic (exact) mass is 285 g/mol. The number of fused-ring (bicyclic) bond motifs is 1. The maximum absolute atomic E-state index is 11.0. The molecule has 0 radical (unpaired) electrons. The molecule has 0 saturated heterocycles. The van der Waals surface area contributed by atoms with Crippen LogP contribution in [0.1, 0.15) is 10.5 Å². The number of carbonyl (C=O) groups is 1. The van der Waals surface area contributed by atoms with Crippen LogP contribution in [0.2, 0.25) is 0 Å². The van der Waals surface area contributed by atoms with E-state index in [1.807, 2.05) is 35.9 Å². The van der Waals surface area contributed by atoms with Crippen LogP contribution in [0.3, 0.4) is 0 Å². The van der Waals surface area contributed by atoms with Crippen LogP contribution in [-0.2, 0) is 14.1 Å². The second-order valence-corrected chi connectivity index (χ2v) is 4.86. The van der Waals surface area contributed by atoms with Crippen molar-refractivity contribution in [2.45, 2.75) is 0 Å². The van der Waals surface area contributed by atoms with Crippen molar-refractivity contribution in [1.82, 2.24) is 14.3 Å². The van der Waals surface area contributed by atoms with Crippen molar-refractivity contribution in [3.63, 3.8) is 0 Å². The third-order valence-corrected chi connectivity index (χ3v) is 3.61. The Hall–Kier alpha value is -2.76. The number of benzene rings is 1. The van der Waals surface area contributed by atoms with E-state index in [0.29, 0.717) is 0 Å². The maximum Gasteiger partial charge on any atom is 0.356 e. The van der Waals surface area contributed by atoms with E-state index < -0.39 is 5.97 Å². The average molecular weight is 285 g/mol. The Morgan fingerprint density at radius 1 is 1.19 bits per heavy atom. The summed E-state index contributed by atoms with van der Waals surface area (Å²) in [5.74, 6) is -0.242. The summed E-state index contributed by atoms with van der Waals surface area (Å²) >= 11 is 0. The lowest BCUT2D eigenvalue weighted by molar-refractivity contribution is 0.0689. The highest BCUT2D eigenvalue weighted by Crippen LogP contribution is 2.29. The Morgan fingerprint density at radius 2 is 1.95 bits per heavy atom. The summed E-state index contributed by atoms with van der Waals surface area (Å²) in [4.78, 5) is 11.0. The van der Waals surface area contributed by atoms with Gasteiger partial charge < -0.3 is 14.4 Å². The zero-order valence-corrected chi connectivity index (χ0v) is 12.0. The quantitative estimate of drug-likeness (QED) is 0.801. The number of aromatic carboxylic acids is 1. The molecule has 0 bridgehead atoms. The van der Waals surface area contributed by atoms with Crippen LogP contribution in [0.4, 0.5) is 0 Å². The second-order valence-electron chi connectivity index (χ2n) is 4.86. The minimum Gasteiger partial charge on any atom is -0.497 e. The van der Waals surface area contributed by atoms with Crippen molar-refractivity contribution in [2.75, 3.05) is 7.11 Å². The first kappa shape index (κ1) is 13.2. The first-order valence-electron chi connectivity index (χ1n) is 6.42. The fraction of sp³-hybridized carbons (Fsp3) is 0.200. The van der Waals surface area contributed by atoms with Gasteiger partial charge in [0.15, 0.2) is 5.69 Å². The number of hydrogen-bond acceptors (Lipinski definition) is 3. The summed E-state index contributed by atoms with van der Waals surface area (Å²) in [6.45, 7) is 0. The molecule has 108 valence electrons. The molecule has 0 aliphatic heterocycles. The Balaban J connectivity index is 2.20. The van der Waals surface area contributed by atoms with Crippen molar-refractivity contribution < 1.29 is 14.6 Å². The molecule has 2 aromatic heterocycles. The highest BCUT2D eigenvalue weighted by molar-refractivity contribution is 5.90. The largest absolute Gasteiger partial charge is 0.497 e. The maximum atomic E-state index is 11.0. The smallest absolute Gasteiger partial charge is 0.356 e. The highest BCUT2D eigenvalue weighted by atomic mass is 16.5. The molecule has 6 nitrogen and oxygen atoms in total. The number of ether oxygens (including phenoxy) is 1. The van der Waals surface area contributed by atoms with Crippen molar-refractivity contribution in [1.29, 1.82) is 0 Å². The van der Waals surface area contributed by atoms with Gasteiger partial charge in [0.1, 0.15) is 5.75 Å². The molecule has 3 rings (SSSR count). The minimum absolute atomic E-state index is 0.0373. The fourth-order valence-corrected chi connectivity index (χ4v) is 2.51. The molecule has 6 heteroatoms. The van der Waals surface area contributed by atoms with Gasteiger partial charge in [0.25, 0.3) is 0 Å². The summed E-state index contributed by atoms with van der Waals surface area (Å²) in [5.41, 5.74) is 2.74. The topological polar surface area (TPSA) is 69.3 Å². The molecule has 0 fully saturated rings. The lowest BCUT2D eigenvalue weighted by Gasteiger charge is -2.04. The molecule has 0 atom stereocenters. The van der Waals surface area contributed by atoms with Gasteiger partial charge >= 0.3 is 5.97 Å². The van der Waals surface area contributed by atoms with Crippen molar-refractivity contribution in [3.05, 3.63) is 36.0 Å². The van der Waals surface area contributed by atoms with Gasteiger partial charge in [-0.2, -0.15) is 5.10 Å². The molecule has 0 aliphatic rings. The van der Waals surface area contributed by atoms with Gasteiger partial charge in [-0.1, -0.05) is 0 Å². The summed E-state index contributed by atoms with van der Waals surface area (Å²) in [6, 6.07) is 9.41. The third-order valence-electron chi connectivity index (χ3n) is 3.61. The standard InChI is InChI=1S/C15H15N3O3/c1-17-12-5-4-10(21-3)6-9(12)7-13(17)14-8-11(15(19)20)16-18(14)2/h4-8H,1-3H3,(H,19,20). The van der Waals surface area contributed by atoms with Gasteiger partial charge in [-0.25, -0.2) is 4.79 Å². The van der Waals surface area contributed by atoms with Crippen LogP contribution in [0.25, 0.3) is 22.3 Å². The van der Waals surface area contributed by atoms with E-state index in [-0.39, 0.29) is 5.69 Å². The van der Waals surface area contributed by atoms with Gasteiger partial charge in [-0.3, -0.25) is 4.68 Å². The van der Waals surface area contributed by atoms with Crippen LogP contribution in [0.5, 0.6) is 5.75 Å². The Bertz CT molecular complexity index is 845. The molecule has 21 heavy (non-hydrogen) atoms. The predicted octanol–water partition coefficient (Wildman–Crippen LogP) is 2.29. The molecule has 0 aliphatic carbocycles. The van der Waals surface area contributed by atoms with Crippen molar-refractivity contribution in [3.8, 4) is 17.1 Å². The summed E-state index contributed by atoms with van der Waals surface area (Å²) in [7, 11) is 5.31. The summed E-state index contributed by atoms with van der Waals surface area (Å²) in [5, 5.41) is 14.1. The predicted molar refractivity (Wildman–Crippen MR) is 78.6 cm³/mol. The molecule has 0 spiro atoms. The van der Waals surface area contributed by atoms with Crippen molar-refractivity contribution in [2.24, 2.45) is 14.1 Å². The number of carboxylic acid groups (broad SMARTS) is 1. The van der Waals surface area contributed by atoms with Gasteiger partial charge in [0.05, 0.1) is 18.5 Å². The van der Waals surface area contributed by atoms with Crippen LogP contribution < -0.4 is 4.74 Å². The number of rotatable bonds is 3. The molecular formula is C15H15N3O3. The Labute approximate surface area is 121 Å². The van der Waals surface area contributed by atoms with Crippen LogP contribution in [0.15, 0.2) is 30.3 Å². The van der Waals surface area contributed by atoms with E-state index in [2.05, 4.69) is 5.10 Å². The van der Waals surface area contributed by atoms with Gasteiger partial charge in [-0.05, 0) is 24.3 Å². The lowest BCUT2D eigenvalue weighted by atomic mass is 10.2. The second kappa shape index (κ2) is 4.66. The van der Waals surface area contributed by atoms with E-state index in [1.54, 1.807) is 24.9 Å². The molecule has 1 N–H and O–H groups in total. The first-order valence-corrected chi connectivity index (χ1v) is 6.42. The van der Waals surface area contributed by atoms with E-state index in [0.717, 1.165) is 28.0 Å². The molecule has 1 aromatic carbocycles. The number of nitrogens with zero attached hydrogens (tertiary/aromatic N) is 3. The molecular weight excluding hydrogens is 270 g/mol. The number of aryl methyl sites for hydroxylation is 2. The molecule has 0 amide bonds. The van der Waals surface area contributed by atoms with E-state index in [4.69, 9.17) is 9.84 Å². The molecule has 3 aromatic rings. The Morgan fingerprint density at radius 3 is 2.57 bits per heavy atom.